The first-order valence-electron chi connectivity index (χ1n) is 30.2. The Morgan fingerprint density at radius 2 is 1.13 bits per heavy atom. The average Bonchev–Trinajstić information content (AvgIpc) is 3.42. The van der Waals surface area contributed by atoms with E-state index in [4.69, 9.17) is 26.2 Å². The van der Waals surface area contributed by atoms with Crippen LogP contribution in [0.15, 0.2) is 121 Å². The highest BCUT2D eigenvalue weighted by Gasteiger charge is 2.45. The fraction of sp³-hybridized carbons (Fsp3) is 0.612. The molecule has 0 unspecified atom stereocenters. The first-order valence-corrected chi connectivity index (χ1v) is 29.2. The molecule has 0 bridgehead atoms. The summed E-state index contributed by atoms with van der Waals surface area (Å²) in [5.41, 5.74) is 3.46. The van der Waals surface area contributed by atoms with Crippen molar-refractivity contribution >= 4 is 11.9 Å². The topological polar surface area (TPSA) is 146 Å². The van der Waals surface area contributed by atoms with E-state index in [0.717, 1.165) is 88.4 Å². The van der Waals surface area contributed by atoms with Gasteiger partial charge in [-0.05, 0) is 154 Å². The lowest BCUT2D eigenvalue weighted by Crippen LogP contribution is -2.45. The summed E-state index contributed by atoms with van der Waals surface area (Å²) >= 11 is 0. The van der Waals surface area contributed by atoms with E-state index in [2.05, 4.69) is 156 Å². The Balaban J connectivity index is 0.00000111. The summed E-state index contributed by atoms with van der Waals surface area (Å²) in [5.74, 6) is 1.69. The van der Waals surface area contributed by atoms with Crippen molar-refractivity contribution in [1.82, 2.24) is 5.32 Å². The molecule has 1 aromatic carbocycles. The van der Waals surface area contributed by atoms with Crippen molar-refractivity contribution in [2.45, 2.75) is 234 Å². The zero-order chi connectivity index (χ0) is 57.0. The number of fused-ring (bicyclic) bond motifs is 3. The third-order valence-corrected chi connectivity index (χ3v) is 13.2. The quantitative estimate of drug-likeness (QED) is 0.0252. The lowest BCUT2D eigenvalue weighted by Gasteiger charge is -2.46. The number of ether oxygens (including phenoxy) is 2. The van der Waals surface area contributed by atoms with Crippen molar-refractivity contribution in [1.29, 1.82) is 0 Å². The van der Waals surface area contributed by atoms with Crippen molar-refractivity contribution in [3.63, 3.8) is 0 Å². The number of aryl methyl sites for hydroxylation is 1. The van der Waals surface area contributed by atoms with E-state index in [-0.39, 0.29) is 43.2 Å². The fourth-order valence-corrected chi connectivity index (χ4v) is 8.83. The fourth-order valence-electron chi connectivity index (χ4n) is 8.83. The minimum absolute atomic E-state index is 0.00289. The third kappa shape index (κ3) is 36.4. The number of esters is 1. The summed E-state index contributed by atoms with van der Waals surface area (Å²) in [6, 6.07) is 4.13. The highest BCUT2D eigenvalue weighted by atomic mass is 16.6. The van der Waals surface area contributed by atoms with Gasteiger partial charge >= 0.3 is 5.97 Å². The minimum Gasteiger partial charge on any atom is -0.507 e. The zero-order valence-electron chi connectivity index (χ0n) is 49.8. The van der Waals surface area contributed by atoms with E-state index >= 15 is 0 Å². The molecule has 76 heavy (non-hydrogen) atoms. The normalized spacial score (nSPS) is 16.1. The molecule has 1 heterocycles. The number of phenols is 1. The van der Waals surface area contributed by atoms with Crippen molar-refractivity contribution in [3.05, 3.63) is 132 Å². The van der Waals surface area contributed by atoms with Crippen LogP contribution in [0.25, 0.3) is 0 Å². The number of unbranched alkanes of at least 4 members (excludes halogenated alkanes) is 10. The molecule has 1 amide bonds. The van der Waals surface area contributed by atoms with E-state index in [1.54, 1.807) is 0 Å². The molecule has 0 saturated carbocycles. The molecule has 0 saturated heterocycles. The summed E-state index contributed by atoms with van der Waals surface area (Å²) in [6.45, 7) is 12.9. The number of phenolic OH excluding ortho intramolecular Hbond substituents is 1. The maximum atomic E-state index is 11.4. The van der Waals surface area contributed by atoms with Crippen LogP contribution < -0.4 is 10.1 Å². The smallest absolute Gasteiger partial charge is 0.306 e. The Bertz CT molecular complexity index is 1900. The van der Waals surface area contributed by atoms with Crippen LogP contribution in [-0.4, -0.2) is 70.4 Å². The Morgan fingerprint density at radius 1 is 0.684 bits per heavy atom. The third-order valence-electron chi connectivity index (χ3n) is 13.2. The van der Waals surface area contributed by atoms with Crippen LogP contribution >= 0.6 is 0 Å². The Morgan fingerprint density at radius 3 is 1.59 bits per heavy atom. The first kappa shape index (κ1) is 69.3. The highest BCUT2D eigenvalue weighted by molar-refractivity contribution is 5.75. The van der Waals surface area contributed by atoms with Crippen molar-refractivity contribution in [3.8, 4) is 11.5 Å². The van der Waals surface area contributed by atoms with Gasteiger partial charge in [-0.2, -0.15) is 0 Å². The second-order valence-electron chi connectivity index (χ2n) is 20.4. The summed E-state index contributed by atoms with van der Waals surface area (Å²) in [5, 5.41) is 39.6. The van der Waals surface area contributed by atoms with Crippen LogP contribution in [0.1, 0.15) is 228 Å². The lowest BCUT2D eigenvalue weighted by molar-refractivity contribution is -0.153. The number of benzene rings is 1. The minimum atomic E-state index is -0.797. The molecule has 1 aliphatic heterocycles. The molecule has 0 spiro atoms. The molecule has 0 fully saturated rings. The molecule has 9 nitrogen and oxygen atoms in total. The van der Waals surface area contributed by atoms with Crippen LogP contribution in [-0.2, 0) is 20.7 Å². The van der Waals surface area contributed by atoms with Gasteiger partial charge in [-0.15, -0.1) is 0 Å². The highest BCUT2D eigenvalue weighted by Crippen LogP contribution is 2.53. The van der Waals surface area contributed by atoms with E-state index in [1.165, 1.54) is 89.2 Å². The molecule has 1 aliphatic carbocycles. The maximum Gasteiger partial charge on any atom is 0.306 e. The predicted octanol–water partition coefficient (Wildman–Crippen LogP) is 16.6. The Kier molecular flexibility index (Phi) is 44.4. The number of carbonyl (C=O) groups excluding carboxylic acids is 2. The number of hydrogen-bond donors (Lipinski definition) is 5. The summed E-state index contributed by atoms with van der Waals surface area (Å²) in [7, 11) is 1.25. The van der Waals surface area contributed by atoms with Gasteiger partial charge in [-0.1, -0.05) is 176 Å². The van der Waals surface area contributed by atoms with Crippen molar-refractivity contribution < 1.29 is 40.9 Å². The van der Waals surface area contributed by atoms with Gasteiger partial charge in [0.15, 0.2) is 0 Å². The number of rotatable bonds is 37. The van der Waals surface area contributed by atoms with Gasteiger partial charge in [-0.3, -0.25) is 9.59 Å². The number of amides is 1. The number of hydrogen-bond acceptors (Lipinski definition) is 8. The van der Waals surface area contributed by atoms with E-state index in [9.17, 15) is 14.7 Å². The predicted molar refractivity (Wildman–Crippen MR) is 323 cm³/mol. The number of aromatic hydroxyl groups is 1. The SMILES string of the molecule is CCCCC/C=C\C/C=C\C/C=C\C/C=C\CCCC(=O)NCCO.CCCCC/C=C\C/C=C\C/C=C\C/C=C\CCCC(=O)OC(CO)CO.CCCCCc1cc(O)c2c(c1)OC(C)(C)[C@@H]1CCC(C)=C[C@@H]21.[3H]C. The Labute approximate surface area is 465 Å². The number of nitrogens with one attached hydrogen (secondary N) is 1. The van der Waals surface area contributed by atoms with Crippen LogP contribution in [0.5, 0.6) is 11.5 Å². The summed E-state index contributed by atoms with van der Waals surface area (Å²) in [6.07, 6.45) is 63.6. The molecule has 2 atom stereocenters. The molecule has 430 valence electrons. The molecule has 5 N–H and O–H groups in total. The molecule has 3 rings (SSSR count). The summed E-state index contributed by atoms with van der Waals surface area (Å²) in [4.78, 5) is 22.7. The van der Waals surface area contributed by atoms with Crippen LogP contribution in [0.3, 0.4) is 0 Å². The molecule has 1 aromatic rings. The van der Waals surface area contributed by atoms with Crippen LogP contribution in [0.2, 0.25) is 0 Å². The van der Waals surface area contributed by atoms with Gasteiger partial charge in [0.1, 0.15) is 23.2 Å². The molecule has 0 aromatic heterocycles. The van der Waals surface area contributed by atoms with Gasteiger partial charge in [-0.25, -0.2) is 0 Å². The van der Waals surface area contributed by atoms with E-state index < -0.39 is 6.10 Å². The van der Waals surface area contributed by atoms with Gasteiger partial charge in [0, 0.05) is 38.2 Å². The molecule has 2 aliphatic rings. The van der Waals surface area contributed by atoms with Crippen LogP contribution in [0, 0.1) is 5.92 Å². The van der Waals surface area contributed by atoms with Gasteiger partial charge < -0.3 is 35.2 Å². The summed E-state index contributed by atoms with van der Waals surface area (Å²) < 4.78 is 17.0. The number of aliphatic hydroxyl groups is 3. The van der Waals surface area contributed by atoms with E-state index in [0.29, 0.717) is 37.5 Å². The molecular weight excluding hydrogens is 947 g/mol. The van der Waals surface area contributed by atoms with Gasteiger partial charge in [0.05, 0.1) is 19.8 Å². The average molecular weight is 1060 g/mol. The second kappa shape index (κ2) is 48.7. The second-order valence-corrected chi connectivity index (χ2v) is 20.4. The number of allylic oxidation sites excluding steroid dienone is 18. The van der Waals surface area contributed by atoms with Crippen molar-refractivity contribution in [2.75, 3.05) is 26.4 Å². The number of aliphatic hydroxyl groups excluding tert-OH is 3. The van der Waals surface area contributed by atoms with Crippen LogP contribution in [0.4, 0.5) is 0 Å². The van der Waals surface area contributed by atoms with Gasteiger partial charge in [0.2, 0.25) is 5.91 Å². The Hall–Kier alpha value is -4.70. The van der Waals surface area contributed by atoms with E-state index in [1.807, 2.05) is 6.07 Å². The monoisotopic (exact) mass is 1060 g/mol. The zero-order valence-corrected chi connectivity index (χ0v) is 48.8. The largest absolute Gasteiger partial charge is 0.507 e. The number of carbonyl (C=O) groups is 2. The first-order chi connectivity index (χ1) is 37.5. The standard InChI is InChI=1S/C23H38O4.C22H37NO2.C21H30O2.CH4/c1-2-3-4-5-6-7-8-9-10-11-12-13-14-15-16-17-18-19-23(26)27-22(20-24)21-25;1-2-3-4-5-6-7-8-9-10-11-12-13-14-15-16-17-18-19-22(25)23-20-21-24;1-5-6-7-8-15-12-18(22)20-16-11-14(2)9-10-17(16)21(3,4)23-19(20)13-15;/h6-7,9-10,12-13,15-16,22,24-25H,2-5,8,11,14,17-21H2,1H3;6-7,9-10,12-13,15-16,24H,2-5,8,11,14,17-21H2,1H3,(H,23,25);11-13,16-17,22H,5-10H2,1-4H3;1H4/b2*7-6-,10-9-,13-12-,16-15-;;/t;;16-,17-;/m..1./s1/i;;;1T. The molecular formula is C67H109NO8. The van der Waals surface area contributed by atoms with Gasteiger partial charge in [0.25, 0.3) is 0 Å². The molecule has 9 heteroatoms. The molecule has 0 radical (unpaired) electrons. The lowest BCUT2D eigenvalue weighted by atomic mass is 9.68. The van der Waals surface area contributed by atoms with Crippen molar-refractivity contribution in [2.24, 2.45) is 5.92 Å². The maximum absolute atomic E-state index is 11.4.